The van der Waals surface area contributed by atoms with Gasteiger partial charge in [0.1, 0.15) is 5.52 Å². The van der Waals surface area contributed by atoms with Crippen LogP contribution >= 0.6 is 11.6 Å². The molecular formula is C15H11ClF3N3. The lowest BCUT2D eigenvalue weighted by Crippen LogP contribution is -2.12. The van der Waals surface area contributed by atoms with E-state index in [1.165, 1.54) is 6.07 Å². The number of halogens is 4. The molecule has 1 aromatic heterocycles. The molecule has 7 heteroatoms. The van der Waals surface area contributed by atoms with E-state index in [9.17, 15) is 13.2 Å². The first kappa shape index (κ1) is 14.8. The summed E-state index contributed by atoms with van der Waals surface area (Å²) in [5.41, 5.74) is 2.69. The quantitative estimate of drug-likeness (QED) is 0.695. The van der Waals surface area contributed by atoms with E-state index in [-0.39, 0.29) is 10.6 Å². The molecule has 2 aromatic carbocycles. The van der Waals surface area contributed by atoms with Crippen LogP contribution in [0.4, 0.5) is 13.2 Å². The minimum atomic E-state index is -4.29. The Hall–Kier alpha value is -2.08. The molecule has 22 heavy (non-hydrogen) atoms. The van der Waals surface area contributed by atoms with Crippen LogP contribution in [0.15, 0.2) is 36.4 Å². The Balaban J connectivity index is 2.11. The highest BCUT2D eigenvalue weighted by Crippen LogP contribution is 2.31. The molecule has 0 amide bonds. The highest BCUT2D eigenvalue weighted by molar-refractivity contribution is 6.32. The molecule has 0 bridgehead atoms. The first-order valence-electron chi connectivity index (χ1n) is 6.52. The number of rotatable bonds is 2. The van der Waals surface area contributed by atoms with Gasteiger partial charge in [-0.1, -0.05) is 35.0 Å². The monoisotopic (exact) mass is 325 g/mol. The van der Waals surface area contributed by atoms with Gasteiger partial charge in [-0.15, -0.1) is 5.10 Å². The van der Waals surface area contributed by atoms with Gasteiger partial charge in [-0.2, -0.15) is 13.2 Å². The normalized spacial score (nSPS) is 12.0. The van der Waals surface area contributed by atoms with Crippen molar-refractivity contribution in [3.8, 4) is 5.69 Å². The maximum Gasteiger partial charge on any atom is 0.393 e. The number of fused-ring (bicyclic) bond motifs is 1. The summed E-state index contributed by atoms with van der Waals surface area (Å²) < 4.78 is 39.2. The van der Waals surface area contributed by atoms with E-state index >= 15 is 0 Å². The van der Waals surface area contributed by atoms with Gasteiger partial charge in [0.15, 0.2) is 0 Å². The SMILES string of the molecule is Cc1c(-n2nnc3ccccc32)ccc(CC(F)(F)F)c1Cl. The predicted molar refractivity (Wildman–Crippen MR) is 78.4 cm³/mol. The standard InChI is InChI=1S/C15H11ClF3N3/c1-9-12(7-6-10(14(9)16)8-15(17,18)19)22-13-5-3-2-4-11(13)20-21-22/h2-7H,8H2,1H3. The highest BCUT2D eigenvalue weighted by Gasteiger charge is 2.29. The van der Waals surface area contributed by atoms with Gasteiger partial charge in [0.05, 0.1) is 17.6 Å². The zero-order valence-electron chi connectivity index (χ0n) is 11.5. The molecule has 0 aliphatic carbocycles. The maximum absolute atomic E-state index is 12.5. The maximum atomic E-state index is 12.5. The largest absolute Gasteiger partial charge is 0.393 e. The van der Waals surface area contributed by atoms with Crippen LogP contribution in [0, 0.1) is 6.92 Å². The molecule has 0 spiro atoms. The van der Waals surface area contributed by atoms with Crippen LogP contribution in [-0.2, 0) is 6.42 Å². The second-order valence-electron chi connectivity index (χ2n) is 4.96. The smallest absolute Gasteiger partial charge is 0.213 e. The third kappa shape index (κ3) is 2.66. The molecule has 0 saturated heterocycles. The third-order valence-corrected chi connectivity index (χ3v) is 3.93. The number of para-hydroxylation sites is 1. The Morgan fingerprint density at radius 2 is 1.86 bits per heavy atom. The van der Waals surface area contributed by atoms with Crippen LogP contribution in [0.2, 0.25) is 5.02 Å². The summed E-state index contributed by atoms with van der Waals surface area (Å²) in [4.78, 5) is 0. The number of aromatic nitrogens is 3. The Labute approximate surface area is 129 Å². The fourth-order valence-electron chi connectivity index (χ4n) is 2.36. The van der Waals surface area contributed by atoms with Crippen LogP contribution in [-0.4, -0.2) is 21.2 Å². The minimum absolute atomic E-state index is 0.0554. The zero-order chi connectivity index (χ0) is 15.9. The van der Waals surface area contributed by atoms with E-state index < -0.39 is 12.6 Å². The summed E-state index contributed by atoms with van der Waals surface area (Å²) in [6.45, 7) is 1.67. The van der Waals surface area contributed by atoms with E-state index in [1.54, 1.807) is 17.7 Å². The average molecular weight is 326 g/mol. The summed E-state index contributed by atoms with van der Waals surface area (Å²) in [7, 11) is 0. The number of hydrogen-bond acceptors (Lipinski definition) is 2. The lowest BCUT2D eigenvalue weighted by Gasteiger charge is -2.13. The summed E-state index contributed by atoms with van der Waals surface area (Å²) >= 11 is 6.11. The van der Waals surface area contributed by atoms with E-state index in [4.69, 9.17) is 11.6 Å². The van der Waals surface area contributed by atoms with E-state index in [0.717, 1.165) is 5.52 Å². The van der Waals surface area contributed by atoms with E-state index in [1.807, 2.05) is 24.3 Å². The average Bonchev–Trinajstić information content (AvgIpc) is 2.87. The van der Waals surface area contributed by atoms with Crippen molar-refractivity contribution in [1.82, 2.24) is 15.0 Å². The molecule has 1 heterocycles. The van der Waals surface area contributed by atoms with Crippen molar-refractivity contribution >= 4 is 22.6 Å². The molecule has 0 aliphatic heterocycles. The fraction of sp³-hybridized carbons (Fsp3) is 0.200. The number of benzene rings is 2. The molecule has 0 unspecified atom stereocenters. The van der Waals surface area contributed by atoms with Gasteiger partial charge in [-0.05, 0) is 36.2 Å². The Morgan fingerprint density at radius 3 is 2.59 bits per heavy atom. The Morgan fingerprint density at radius 1 is 1.14 bits per heavy atom. The molecule has 114 valence electrons. The van der Waals surface area contributed by atoms with Gasteiger partial charge >= 0.3 is 6.18 Å². The van der Waals surface area contributed by atoms with Crippen LogP contribution in [0.1, 0.15) is 11.1 Å². The zero-order valence-corrected chi connectivity index (χ0v) is 12.3. The van der Waals surface area contributed by atoms with Crippen molar-refractivity contribution in [2.75, 3.05) is 0 Å². The Bertz CT molecular complexity index is 840. The number of nitrogens with zero attached hydrogens (tertiary/aromatic N) is 3. The fourth-order valence-corrected chi connectivity index (χ4v) is 2.59. The van der Waals surface area contributed by atoms with E-state index in [2.05, 4.69) is 10.3 Å². The predicted octanol–water partition coefficient (Wildman–Crippen LogP) is 4.49. The molecule has 0 radical (unpaired) electrons. The minimum Gasteiger partial charge on any atom is -0.213 e. The lowest BCUT2D eigenvalue weighted by molar-refractivity contribution is -0.127. The molecule has 0 fully saturated rings. The van der Waals surface area contributed by atoms with Gasteiger partial charge in [-0.3, -0.25) is 0 Å². The van der Waals surface area contributed by atoms with Crippen LogP contribution in [0.5, 0.6) is 0 Å². The van der Waals surface area contributed by atoms with Crippen molar-refractivity contribution in [3.63, 3.8) is 0 Å². The van der Waals surface area contributed by atoms with Gasteiger partial charge < -0.3 is 0 Å². The van der Waals surface area contributed by atoms with Crippen molar-refractivity contribution in [2.45, 2.75) is 19.5 Å². The third-order valence-electron chi connectivity index (χ3n) is 3.41. The number of hydrogen-bond donors (Lipinski definition) is 0. The van der Waals surface area contributed by atoms with Crippen molar-refractivity contribution in [2.24, 2.45) is 0 Å². The molecule has 0 saturated carbocycles. The molecule has 0 aliphatic rings. The van der Waals surface area contributed by atoms with Crippen LogP contribution < -0.4 is 0 Å². The summed E-state index contributed by atoms with van der Waals surface area (Å²) in [5, 5.41) is 8.20. The Kier molecular flexibility index (Phi) is 3.56. The second-order valence-corrected chi connectivity index (χ2v) is 5.34. The lowest BCUT2D eigenvalue weighted by atomic mass is 10.1. The van der Waals surface area contributed by atoms with Gasteiger partial charge in [0.25, 0.3) is 0 Å². The van der Waals surface area contributed by atoms with E-state index in [0.29, 0.717) is 16.8 Å². The van der Waals surface area contributed by atoms with Gasteiger partial charge in [0.2, 0.25) is 0 Å². The first-order valence-corrected chi connectivity index (χ1v) is 6.90. The van der Waals surface area contributed by atoms with Gasteiger partial charge in [0, 0.05) is 5.02 Å². The molecule has 3 aromatic rings. The number of alkyl halides is 3. The van der Waals surface area contributed by atoms with Crippen molar-refractivity contribution < 1.29 is 13.2 Å². The summed E-state index contributed by atoms with van der Waals surface area (Å²) in [5.74, 6) is 0. The molecule has 3 rings (SSSR count). The molecule has 3 nitrogen and oxygen atoms in total. The molecular weight excluding hydrogens is 315 g/mol. The van der Waals surface area contributed by atoms with Gasteiger partial charge in [-0.25, -0.2) is 4.68 Å². The molecule has 0 atom stereocenters. The second kappa shape index (κ2) is 5.28. The topological polar surface area (TPSA) is 30.7 Å². The molecule has 0 N–H and O–H groups in total. The first-order chi connectivity index (χ1) is 10.4. The highest BCUT2D eigenvalue weighted by atomic mass is 35.5. The van der Waals surface area contributed by atoms with Crippen molar-refractivity contribution in [3.05, 3.63) is 52.5 Å². The summed E-state index contributed by atoms with van der Waals surface area (Å²) in [6.07, 6.45) is -5.34. The van der Waals surface area contributed by atoms with Crippen LogP contribution in [0.3, 0.4) is 0 Å². The summed E-state index contributed by atoms with van der Waals surface area (Å²) in [6, 6.07) is 10.3. The van der Waals surface area contributed by atoms with Crippen molar-refractivity contribution in [1.29, 1.82) is 0 Å². The van der Waals surface area contributed by atoms with Crippen LogP contribution in [0.25, 0.3) is 16.7 Å².